The average molecular weight is 378 g/mol. The lowest BCUT2D eigenvalue weighted by molar-refractivity contribution is -0.134. The first-order valence-electron chi connectivity index (χ1n) is 9.06. The summed E-state index contributed by atoms with van der Waals surface area (Å²) >= 11 is 1.62. The molecule has 0 radical (unpaired) electrons. The standard InChI is InChI=1S/C19H27N3O3S/c1-14-18(24)22(9-8-17(23)21-12-10-20(2)11-13-21)19(26-14)15-6-4-5-7-16(15)25-3/h4-7,14,19H,8-13H2,1-3H3. The molecule has 2 fully saturated rings. The Morgan fingerprint density at radius 3 is 2.62 bits per heavy atom. The van der Waals surface area contributed by atoms with Crippen molar-refractivity contribution in [2.45, 2.75) is 24.0 Å². The van der Waals surface area contributed by atoms with Gasteiger partial charge in [-0.1, -0.05) is 18.2 Å². The summed E-state index contributed by atoms with van der Waals surface area (Å²) in [7, 11) is 3.71. The van der Waals surface area contributed by atoms with Crippen molar-refractivity contribution in [2.24, 2.45) is 0 Å². The second kappa shape index (κ2) is 8.31. The fourth-order valence-corrected chi connectivity index (χ4v) is 4.78. The molecule has 2 amide bonds. The first-order valence-corrected chi connectivity index (χ1v) is 10.0. The molecule has 0 aliphatic carbocycles. The van der Waals surface area contributed by atoms with E-state index in [2.05, 4.69) is 11.9 Å². The summed E-state index contributed by atoms with van der Waals surface area (Å²) in [4.78, 5) is 31.2. The number of carbonyl (C=O) groups excluding carboxylic acids is 2. The van der Waals surface area contributed by atoms with E-state index < -0.39 is 0 Å². The fourth-order valence-electron chi connectivity index (χ4n) is 3.44. The van der Waals surface area contributed by atoms with Gasteiger partial charge in [-0.2, -0.15) is 0 Å². The quantitative estimate of drug-likeness (QED) is 0.784. The van der Waals surface area contributed by atoms with Crippen LogP contribution in [0.4, 0.5) is 0 Å². The van der Waals surface area contributed by atoms with Gasteiger partial charge in [-0.15, -0.1) is 11.8 Å². The topological polar surface area (TPSA) is 53.1 Å². The van der Waals surface area contributed by atoms with E-state index >= 15 is 0 Å². The van der Waals surface area contributed by atoms with Crippen molar-refractivity contribution in [3.8, 4) is 5.75 Å². The molecular formula is C19H27N3O3S. The number of thioether (sulfide) groups is 1. The number of carbonyl (C=O) groups is 2. The summed E-state index contributed by atoms with van der Waals surface area (Å²) in [5.74, 6) is 1.01. The summed E-state index contributed by atoms with van der Waals surface area (Å²) in [6.07, 6.45) is 0.369. The lowest BCUT2D eigenvalue weighted by atomic mass is 10.1. The Balaban J connectivity index is 1.68. The summed E-state index contributed by atoms with van der Waals surface area (Å²) in [5.41, 5.74) is 0.991. The maximum atomic E-state index is 12.7. The normalized spacial score (nSPS) is 24.2. The molecule has 1 aromatic carbocycles. The Morgan fingerprint density at radius 1 is 1.23 bits per heavy atom. The molecule has 6 nitrogen and oxygen atoms in total. The maximum absolute atomic E-state index is 12.7. The lowest BCUT2D eigenvalue weighted by Gasteiger charge is -2.33. The van der Waals surface area contributed by atoms with E-state index in [4.69, 9.17) is 4.74 Å². The second-order valence-electron chi connectivity index (χ2n) is 6.84. The van der Waals surface area contributed by atoms with Crippen LogP contribution in [0, 0.1) is 0 Å². The van der Waals surface area contributed by atoms with Gasteiger partial charge in [0.1, 0.15) is 11.1 Å². The summed E-state index contributed by atoms with van der Waals surface area (Å²) in [5, 5.41) is -0.211. The molecular weight excluding hydrogens is 350 g/mol. The molecule has 1 aromatic rings. The van der Waals surface area contributed by atoms with Gasteiger partial charge in [0.25, 0.3) is 0 Å². The number of para-hydroxylation sites is 1. The molecule has 2 heterocycles. The van der Waals surface area contributed by atoms with Gasteiger partial charge in [0.2, 0.25) is 11.8 Å². The van der Waals surface area contributed by atoms with Crippen LogP contribution in [0.3, 0.4) is 0 Å². The number of likely N-dealkylation sites (N-methyl/N-ethyl adjacent to an activating group) is 1. The van der Waals surface area contributed by atoms with Crippen molar-refractivity contribution in [1.29, 1.82) is 0 Å². The highest BCUT2D eigenvalue weighted by Gasteiger charge is 2.39. The minimum atomic E-state index is -0.108. The van der Waals surface area contributed by atoms with Crippen molar-refractivity contribution in [3.05, 3.63) is 29.8 Å². The van der Waals surface area contributed by atoms with E-state index in [1.165, 1.54) is 0 Å². The number of rotatable bonds is 5. The number of methoxy groups -OCH3 is 1. The minimum absolute atomic E-state index is 0.0945. The van der Waals surface area contributed by atoms with Crippen LogP contribution in [0.15, 0.2) is 24.3 Å². The van der Waals surface area contributed by atoms with Crippen LogP contribution in [-0.4, -0.2) is 78.6 Å². The van der Waals surface area contributed by atoms with Gasteiger partial charge in [-0.25, -0.2) is 0 Å². The van der Waals surface area contributed by atoms with E-state index in [9.17, 15) is 9.59 Å². The largest absolute Gasteiger partial charge is 0.496 e. The summed E-state index contributed by atoms with van der Waals surface area (Å²) in [6.45, 7) is 5.73. The molecule has 26 heavy (non-hydrogen) atoms. The van der Waals surface area contributed by atoms with Gasteiger partial charge < -0.3 is 19.4 Å². The highest BCUT2D eigenvalue weighted by atomic mass is 32.2. The van der Waals surface area contributed by atoms with Crippen LogP contribution in [0.5, 0.6) is 5.75 Å². The van der Waals surface area contributed by atoms with Gasteiger partial charge in [0.15, 0.2) is 0 Å². The van der Waals surface area contributed by atoms with Crippen molar-refractivity contribution in [1.82, 2.24) is 14.7 Å². The molecule has 142 valence electrons. The van der Waals surface area contributed by atoms with Gasteiger partial charge in [-0.05, 0) is 20.0 Å². The van der Waals surface area contributed by atoms with Crippen LogP contribution >= 0.6 is 11.8 Å². The van der Waals surface area contributed by atoms with Gasteiger partial charge in [0, 0.05) is 44.7 Å². The van der Waals surface area contributed by atoms with Gasteiger partial charge in [0.05, 0.1) is 12.4 Å². The Bertz CT molecular complexity index is 661. The van der Waals surface area contributed by atoms with E-state index in [1.807, 2.05) is 41.0 Å². The molecule has 0 N–H and O–H groups in total. The molecule has 2 aliphatic rings. The third-order valence-electron chi connectivity index (χ3n) is 5.07. The van der Waals surface area contributed by atoms with Gasteiger partial charge >= 0.3 is 0 Å². The Hall–Kier alpha value is -1.73. The average Bonchev–Trinajstić information content (AvgIpc) is 2.94. The Labute approximate surface area is 159 Å². The smallest absolute Gasteiger partial charge is 0.236 e. The molecule has 2 atom stereocenters. The van der Waals surface area contributed by atoms with E-state index in [1.54, 1.807) is 18.9 Å². The van der Waals surface area contributed by atoms with Crippen molar-refractivity contribution < 1.29 is 14.3 Å². The van der Waals surface area contributed by atoms with E-state index in [0.717, 1.165) is 37.5 Å². The monoisotopic (exact) mass is 377 g/mol. The number of piperazine rings is 1. The summed E-state index contributed by atoms with van der Waals surface area (Å²) in [6, 6.07) is 7.79. The highest BCUT2D eigenvalue weighted by molar-refractivity contribution is 8.01. The van der Waals surface area contributed by atoms with Gasteiger partial charge in [-0.3, -0.25) is 9.59 Å². The minimum Gasteiger partial charge on any atom is -0.496 e. The Kier molecular flexibility index (Phi) is 6.09. The van der Waals surface area contributed by atoms with Crippen LogP contribution in [-0.2, 0) is 9.59 Å². The number of ether oxygens (including phenoxy) is 1. The molecule has 2 saturated heterocycles. The van der Waals surface area contributed by atoms with Crippen LogP contribution in [0.1, 0.15) is 24.3 Å². The molecule has 0 spiro atoms. The maximum Gasteiger partial charge on any atom is 0.236 e. The third-order valence-corrected chi connectivity index (χ3v) is 6.45. The molecule has 3 rings (SSSR count). The van der Waals surface area contributed by atoms with E-state index in [-0.39, 0.29) is 22.4 Å². The number of amides is 2. The lowest BCUT2D eigenvalue weighted by Crippen LogP contribution is -2.47. The molecule has 0 saturated carbocycles. The van der Waals surface area contributed by atoms with Crippen LogP contribution in [0.2, 0.25) is 0 Å². The number of hydrogen-bond acceptors (Lipinski definition) is 5. The van der Waals surface area contributed by atoms with Crippen LogP contribution in [0.25, 0.3) is 0 Å². The predicted octanol–water partition coefficient (Wildman–Crippen LogP) is 1.82. The molecule has 0 bridgehead atoms. The molecule has 2 unspecified atom stereocenters. The first kappa shape index (κ1) is 19.0. The zero-order valence-corrected chi connectivity index (χ0v) is 16.5. The SMILES string of the molecule is COc1ccccc1C1SC(C)C(=O)N1CCC(=O)N1CCN(C)CC1. The number of hydrogen-bond donors (Lipinski definition) is 0. The number of nitrogens with zero attached hydrogens (tertiary/aromatic N) is 3. The van der Waals surface area contributed by atoms with E-state index in [0.29, 0.717) is 13.0 Å². The zero-order valence-electron chi connectivity index (χ0n) is 15.7. The Morgan fingerprint density at radius 2 is 1.92 bits per heavy atom. The molecule has 7 heteroatoms. The second-order valence-corrected chi connectivity index (χ2v) is 8.26. The third kappa shape index (κ3) is 3.99. The fraction of sp³-hybridized carbons (Fsp3) is 0.579. The van der Waals surface area contributed by atoms with Crippen molar-refractivity contribution in [2.75, 3.05) is 46.9 Å². The highest BCUT2D eigenvalue weighted by Crippen LogP contribution is 2.45. The van der Waals surface area contributed by atoms with Crippen molar-refractivity contribution in [3.63, 3.8) is 0 Å². The first-order chi connectivity index (χ1) is 12.5. The number of benzene rings is 1. The van der Waals surface area contributed by atoms with Crippen LogP contribution < -0.4 is 4.74 Å². The predicted molar refractivity (Wildman–Crippen MR) is 103 cm³/mol. The molecule has 0 aromatic heterocycles. The van der Waals surface area contributed by atoms with Crippen molar-refractivity contribution >= 4 is 23.6 Å². The summed E-state index contributed by atoms with van der Waals surface area (Å²) < 4.78 is 5.48. The zero-order chi connectivity index (χ0) is 18.7. The molecule has 2 aliphatic heterocycles.